The maximum atomic E-state index is 13.4. The smallest absolute Gasteiger partial charge is 0.337 e. The van der Waals surface area contributed by atoms with E-state index in [4.69, 9.17) is 0 Å². The minimum atomic E-state index is -4.67. The van der Waals surface area contributed by atoms with E-state index in [0.29, 0.717) is 11.1 Å². The lowest BCUT2D eigenvalue weighted by Crippen LogP contribution is -2.34. The van der Waals surface area contributed by atoms with Crippen molar-refractivity contribution in [1.29, 1.82) is 0 Å². The number of hydrogen-bond acceptors (Lipinski definition) is 6. The fourth-order valence-electron chi connectivity index (χ4n) is 3.29. The van der Waals surface area contributed by atoms with E-state index in [9.17, 15) is 32.8 Å². The van der Waals surface area contributed by atoms with Crippen LogP contribution in [-0.4, -0.2) is 40.9 Å². The maximum absolute atomic E-state index is 13.4. The predicted octanol–water partition coefficient (Wildman–Crippen LogP) is 3.17. The molecule has 9 nitrogen and oxygen atoms in total. The van der Waals surface area contributed by atoms with Crippen molar-refractivity contribution in [2.24, 2.45) is 4.99 Å². The molecular weight excluding hydrogens is 448 g/mol. The molecule has 0 radical (unpaired) electrons. The lowest BCUT2D eigenvalue weighted by molar-refractivity contribution is -0.113. The molecule has 3 N–H and O–H groups in total. The minimum absolute atomic E-state index is 0.0341. The second-order valence-corrected chi connectivity index (χ2v) is 8.44. The van der Waals surface area contributed by atoms with Gasteiger partial charge in [-0.15, -0.1) is 0 Å². The van der Waals surface area contributed by atoms with Gasteiger partial charge < -0.3 is 10.2 Å². The van der Waals surface area contributed by atoms with Gasteiger partial charge in [-0.1, -0.05) is 42.5 Å². The van der Waals surface area contributed by atoms with E-state index >= 15 is 0 Å². The van der Waals surface area contributed by atoms with Gasteiger partial charge in [0.2, 0.25) is 0 Å². The summed E-state index contributed by atoms with van der Waals surface area (Å²) in [6.45, 7) is 0. The molecule has 0 spiro atoms. The number of carbonyl (C=O) groups excluding carboxylic acids is 1. The Labute approximate surface area is 188 Å². The Morgan fingerprint density at radius 3 is 2.24 bits per heavy atom. The topological polar surface area (TPSA) is 145 Å². The molecule has 3 aromatic rings. The number of aromatic carboxylic acids is 1. The lowest BCUT2D eigenvalue weighted by Gasteiger charge is -2.21. The SMILES string of the molecule is O=C(O)c1ccc(S(=O)(=O)O)cc1N1C(=O)/C(=C/c2ccc(O)cc2)N=C1c1ccccc1. The number of rotatable bonds is 5. The van der Waals surface area contributed by atoms with E-state index in [-0.39, 0.29) is 28.5 Å². The standard InChI is InChI=1S/C23H16N2O7S/c26-16-8-6-14(7-9-16)12-19-22(27)25(21(24-19)15-4-2-1-3-5-15)20-13-17(33(30,31)32)10-11-18(20)23(28)29/h1-13,26H,(H,28,29)(H,30,31,32)/b19-12-. The first-order valence-electron chi connectivity index (χ1n) is 9.49. The molecule has 0 unspecified atom stereocenters. The number of carboxylic acid groups (broad SMARTS) is 1. The van der Waals surface area contributed by atoms with Crippen LogP contribution < -0.4 is 4.90 Å². The molecule has 0 atom stereocenters. The highest BCUT2D eigenvalue weighted by Gasteiger charge is 2.35. The number of benzene rings is 3. The monoisotopic (exact) mass is 464 g/mol. The number of phenols is 1. The molecule has 0 bridgehead atoms. The number of carbonyl (C=O) groups is 2. The number of carboxylic acids is 1. The summed E-state index contributed by atoms with van der Waals surface area (Å²) in [6.07, 6.45) is 1.46. The molecule has 0 saturated carbocycles. The van der Waals surface area contributed by atoms with Crippen LogP contribution in [0.1, 0.15) is 21.5 Å². The molecule has 1 amide bonds. The summed E-state index contributed by atoms with van der Waals surface area (Å²) in [7, 11) is -4.67. The summed E-state index contributed by atoms with van der Waals surface area (Å²) >= 11 is 0. The highest BCUT2D eigenvalue weighted by molar-refractivity contribution is 7.85. The fraction of sp³-hybridized carbons (Fsp3) is 0. The van der Waals surface area contributed by atoms with Gasteiger partial charge in [-0.2, -0.15) is 8.42 Å². The predicted molar refractivity (Wildman–Crippen MR) is 120 cm³/mol. The van der Waals surface area contributed by atoms with E-state index in [1.165, 1.54) is 18.2 Å². The van der Waals surface area contributed by atoms with Crippen molar-refractivity contribution in [3.05, 3.63) is 95.2 Å². The summed E-state index contributed by atoms with van der Waals surface area (Å²) < 4.78 is 32.8. The van der Waals surface area contributed by atoms with Crippen molar-refractivity contribution in [3.63, 3.8) is 0 Å². The average molecular weight is 464 g/mol. The van der Waals surface area contributed by atoms with Crippen molar-refractivity contribution in [2.75, 3.05) is 4.90 Å². The van der Waals surface area contributed by atoms with E-state index in [0.717, 1.165) is 23.1 Å². The third kappa shape index (κ3) is 4.38. The van der Waals surface area contributed by atoms with Crippen LogP contribution in [0, 0.1) is 0 Å². The van der Waals surface area contributed by atoms with Gasteiger partial charge in [-0.25, -0.2) is 9.79 Å². The minimum Gasteiger partial charge on any atom is -0.508 e. The van der Waals surface area contributed by atoms with Gasteiger partial charge in [0, 0.05) is 5.56 Å². The van der Waals surface area contributed by atoms with Gasteiger partial charge >= 0.3 is 5.97 Å². The normalized spacial score (nSPS) is 15.1. The van der Waals surface area contributed by atoms with Crippen LogP contribution in [0.3, 0.4) is 0 Å². The molecule has 33 heavy (non-hydrogen) atoms. The molecule has 1 aliphatic rings. The van der Waals surface area contributed by atoms with E-state index in [1.54, 1.807) is 42.5 Å². The first-order valence-corrected chi connectivity index (χ1v) is 10.9. The molecule has 1 heterocycles. The largest absolute Gasteiger partial charge is 0.508 e. The number of aliphatic imine (C=N–C) groups is 1. The Bertz CT molecular complexity index is 1430. The summed E-state index contributed by atoms with van der Waals surface area (Å²) in [5.41, 5.74) is 0.380. The van der Waals surface area contributed by atoms with Crippen LogP contribution in [0.15, 0.2) is 88.4 Å². The Kier molecular flexibility index (Phi) is 5.54. The molecule has 4 rings (SSSR count). The van der Waals surface area contributed by atoms with Gasteiger partial charge in [0.05, 0.1) is 16.1 Å². The lowest BCUT2D eigenvalue weighted by atomic mass is 10.1. The number of amidine groups is 1. The second-order valence-electron chi connectivity index (χ2n) is 7.02. The Balaban J connectivity index is 1.93. The zero-order valence-corrected chi connectivity index (χ0v) is 17.6. The number of phenolic OH excluding ortho intramolecular Hbond substituents is 1. The summed E-state index contributed by atoms with van der Waals surface area (Å²) in [6, 6.07) is 17.3. The molecule has 3 aromatic carbocycles. The van der Waals surface area contributed by atoms with Crippen molar-refractivity contribution in [1.82, 2.24) is 0 Å². The highest BCUT2D eigenvalue weighted by atomic mass is 32.2. The number of hydrogen-bond donors (Lipinski definition) is 3. The van der Waals surface area contributed by atoms with Crippen LogP contribution in [-0.2, 0) is 14.9 Å². The Hall–Kier alpha value is -4.28. The summed E-state index contributed by atoms with van der Waals surface area (Å²) in [5, 5.41) is 19.1. The molecular formula is C23H16N2O7S. The van der Waals surface area contributed by atoms with Crippen LogP contribution in [0.5, 0.6) is 5.75 Å². The third-order valence-corrected chi connectivity index (χ3v) is 5.68. The summed E-state index contributed by atoms with van der Waals surface area (Å²) in [5.74, 6) is -1.97. The van der Waals surface area contributed by atoms with Crippen LogP contribution >= 0.6 is 0 Å². The molecule has 166 valence electrons. The zero-order chi connectivity index (χ0) is 23.8. The Morgan fingerprint density at radius 2 is 1.64 bits per heavy atom. The fourth-order valence-corrected chi connectivity index (χ4v) is 3.79. The number of amides is 1. The Morgan fingerprint density at radius 1 is 0.970 bits per heavy atom. The van der Waals surface area contributed by atoms with Crippen LogP contribution in [0.2, 0.25) is 0 Å². The molecule has 10 heteroatoms. The zero-order valence-electron chi connectivity index (χ0n) is 16.8. The molecule has 0 aliphatic carbocycles. The van der Waals surface area contributed by atoms with Crippen molar-refractivity contribution < 1.29 is 32.8 Å². The van der Waals surface area contributed by atoms with Crippen LogP contribution in [0.4, 0.5) is 5.69 Å². The van der Waals surface area contributed by atoms with E-state index < -0.39 is 26.9 Å². The van der Waals surface area contributed by atoms with Gasteiger partial charge in [0.25, 0.3) is 16.0 Å². The van der Waals surface area contributed by atoms with Gasteiger partial charge in [-0.3, -0.25) is 14.2 Å². The number of nitrogens with zero attached hydrogens (tertiary/aromatic N) is 2. The van der Waals surface area contributed by atoms with Crippen molar-refractivity contribution >= 4 is 39.6 Å². The molecule has 0 aromatic heterocycles. The number of anilines is 1. The van der Waals surface area contributed by atoms with Gasteiger partial charge in [-0.05, 0) is 42.0 Å². The van der Waals surface area contributed by atoms with Crippen LogP contribution in [0.25, 0.3) is 6.08 Å². The summed E-state index contributed by atoms with van der Waals surface area (Å²) in [4.78, 5) is 30.1. The number of aromatic hydroxyl groups is 1. The maximum Gasteiger partial charge on any atom is 0.337 e. The van der Waals surface area contributed by atoms with E-state index in [1.807, 2.05) is 0 Å². The molecule has 0 fully saturated rings. The first-order chi connectivity index (χ1) is 15.6. The van der Waals surface area contributed by atoms with Gasteiger partial charge in [0.1, 0.15) is 17.3 Å². The van der Waals surface area contributed by atoms with Crippen molar-refractivity contribution in [2.45, 2.75) is 4.90 Å². The third-order valence-electron chi connectivity index (χ3n) is 4.83. The first kappa shape index (κ1) is 21.9. The quantitative estimate of drug-likeness (QED) is 0.388. The second kappa shape index (κ2) is 8.34. The highest BCUT2D eigenvalue weighted by Crippen LogP contribution is 2.32. The van der Waals surface area contributed by atoms with Crippen molar-refractivity contribution in [3.8, 4) is 5.75 Å². The van der Waals surface area contributed by atoms with E-state index in [2.05, 4.69) is 4.99 Å². The average Bonchev–Trinajstić information content (AvgIpc) is 3.10. The molecule has 0 saturated heterocycles. The van der Waals surface area contributed by atoms with Gasteiger partial charge in [0.15, 0.2) is 0 Å². The molecule has 1 aliphatic heterocycles.